The van der Waals surface area contributed by atoms with Crippen molar-refractivity contribution in [1.29, 1.82) is 0 Å². The summed E-state index contributed by atoms with van der Waals surface area (Å²) in [4.78, 5) is 26.0. The van der Waals surface area contributed by atoms with E-state index in [1.54, 1.807) is 17.2 Å². The third-order valence-corrected chi connectivity index (χ3v) is 4.34. The standard InChI is InChI=1S/C16H15IN2O3/c17-12-3-5-13(6-4-12)18-16(21)11-8-15(20)19(9-11)10-14-2-1-7-22-14/h1-7,11H,8-10H2,(H,18,21)/t11-/m0/s1. The number of halogens is 1. The number of furan rings is 1. The zero-order valence-corrected chi connectivity index (χ0v) is 13.9. The average molecular weight is 410 g/mol. The maximum Gasteiger partial charge on any atom is 0.229 e. The molecule has 0 spiro atoms. The molecule has 1 aliphatic heterocycles. The van der Waals surface area contributed by atoms with Crippen LogP contribution in [0.3, 0.4) is 0 Å². The minimum Gasteiger partial charge on any atom is -0.467 e. The van der Waals surface area contributed by atoms with E-state index in [4.69, 9.17) is 4.42 Å². The number of carbonyl (C=O) groups excluding carboxylic acids is 2. The van der Waals surface area contributed by atoms with Gasteiger partial charge < -0.3 is 14.6 Å². The topological polar surface area (TPSA) is 62.6 Å². The van der Waals surface area contributed by atoms with Crippen LogP contribution in [0.1, 0.15) is 12.2 Å². The van der Waals surface area contributed by atoms with Gasteiger partial charge in [-0.05, 0) is 59.0 Å². The Morgan fingerprint density at radius 1 is 1.32 bits per heavy atom. The first kappa shape index (κ1) is 15.1. The third-order valence-electron chi connectivity index (χ3n) is 3.62. The summed E-state index contributed by atoms with van der Waals surface area (Å²) in [5.41, 5.74) is 0.752. The Bertz CT molecular complexity index is 667. The van der Waals surface area contributed by atoms with Crippen LogP contribution in [0.15, 0.2) is 47.1 Å². The maximum absolute atomic E-state index is 12.3. The summed E-state index contributed by atoms with van der Waals surface area (Å²) in [5, 5.41) is 2.87. The van der Waals surface area contributed by atoms with Gasteiger partial charge in [-0.1, -0.05) is 0 Å². The number of carbonyl (C=O) groups is 2. The van der Waals surface area contributed by atoms with E-state index >= 15 is 0 Å². The van der Waals surface area contributed by atoms with Gasteiger partial charge in [-0.3, -0.25) is 9.59 Å². The van der Waals surface area contributed by atoms with Crippen molar-refractivity contribution in [2.75, 3.05) is 11.9 Å². The molecule has 1 aromatic carbocycles. The molecule has 1 aliphatic rings. The Balaban J connectivity index is 1.60. The third kappa shape index (κ3) is 3.49. The lowest BCUT2D eigenvalue weighted by Gasteiger charge is -2.15. The molecule has 0 aliphatic carbocycles. The van der Waals surface area contributed by atoms with E-state index in [0.29, 0.717) is 13.1 Å². The van der Waals surface area contributed by atoms with E-state index in [1.807, 2.05) is 30.3 Å². The van der Waals surface area contributed by atoms with Crippen molar-refractivity contribution in [3.8, 4) is 0 Å². The minimum absolute atomic E-state index is 0.0147. The van der Waals surface area contributed by atoms with Crippen LogP contribution in [-0.4, -0.2) is 23.3 Å². The van der Waals surface area contributed by atoms with Gasteiger partial charge in [0.1, 0.15) is 5.76 Å². The second-order valence-electron chi connectivity index (χ2n) is 5.25. The molecular formula is C16H15IN2O3. The van der Waals surface area contributed by atoms with Crippen molar-refractivity contribution in [1.82, 2.24) is 4.90 Å². The normalized spacial score (nSPS) is 17.8. The summed E-state index contributed by atoms with van der Waals surface area (Å²) in [7, 11) is 0. The molecule has 0 unspecified atom stereocenters. The highest BCUT2D eigenvalue weighted by atomic mass is 127. The molecule has 1 atom stereocenters. The highest BCUT2D eigenvalue weighted by Gasteiger charge is 2.34. The Morgan fingerprint density at radius 3 is 2.77 bits per heavy atom. The fraction of sp³-hybridized carbons (Fsp3) is 0.250. The number of benzene rings is 1. The highest BCUT2D eigenvalue weighted by Crippen LogP contribution is 2.22. The number of amides is 2. The van der Waals surface area contributed by atoms with Gasteiger partial charge in [0.25, 0.3) is 0 Å². The zero-order chi connectivity index (χ0) is 15.5. The number of anilines is 1. The van der Waals surface area contributed by atoms with Gasteiger partial charge in [0, 0.05) is 22.2 Å². The molecule has 1 fully saturated rings. The molecule has 1 saturated heterocycles. The fourth-order valence-corrected chi connectivity index (χ4v) is 2.83. The Labute approximate surface area is 141 Å². The van der Waals surface area contributed by atoms with Crippen LogP contribution in [0, 0.1) is 9.49 Å². The van der Waals surface area contributed by atoms with Crippen LogP contribution in [0.4, 0.5) is 5.69 Å². The van der Waals surface area contributed by atoms with Gasteiger partial charge in [-0.15, -0.1) is 0 Å². The van der Waals surface area contributed by atoms with Gasteiger partial charge >= 0.3 is 0 Å². The summed E-state index contributed by atoms with van der Waals surface area (Å²) in [6.07, 6.45) is 1.83. The SMILES string of the molecule is O=C(Nc1ccc(I)cc1)[C@H]1CC(=O)N(Cc2ccco2)C1. The summed E-state index contributed by atoms with van der Waals surface area (Å²) in [5.74, 6) is 0.282. The van der Waals surface area contributed by atoms with Crippen molar-refractivity contribution in [3.05, 3.63) is 52.0 Å². The zero-order valence-electron chi connectivity index (χ0n) is 11.8. The van der Waals surface area contributed by atoms with Crippen LogP contribution in [0.25, 0.3) is 0 Å². The molecular weight excluding hydrogens is 395 g/mol. The predicted octanol–water partition coefficient (Wildman–Crippen LogP) is 2.87. The maximum atomic E-state index is 12.3. The van der Waals surface area contributed by atoms with Crippen molar-refractivity contribution in [2.24, 2.45) is 5.92 Å². The van der Waals surface area contributed by atoms with Crippen molar-refractivity contribution in [3.63, 3.8) is 0 Å². The molecule has 0 saturated carbocycles. The largest absolute Gasteiger partial charge is 0.467 e. The average Bonchev–Trinajstić information content (AvgIpc) is 3.13. The Morgan fingerprint density at radius 2 is 2.09 bits per heavy atom. The quantitative estimate of drug-likeness (QED) is 0.789. The molecule has 1 aromatic heterocycles. The Hall–Kier alpha value is -1.83. The van der Waals surface area contributed by atoms with Crippen LogP contribution >= 0.6 is 22.6 Å². The lowest BCUT2D eigenvalue weighted by atomic mass is 10.1. The number of nitrogens with zero attached hydrogens (tertiary/aromatic N) is 1. The highest BCUT2D eigenvalue weighted by molar-refractivity contribution is 14.1. The molecule has 6 heteroatoms. The molecule has 3 rings (SSSR count). The number of hydrogen-bond acceptors (Lipinski definition) is 3. The van der Waals surface area contributed by atoms with Gasteiger partial charge in [0.2, 0.25) is 11.8 Å². The van der Waals surface area contributed by atoms with Crippen molar-refractivity contribution in [2.45, 2.75) is 13.0 Å². The van der Waals surface area contributed by atoms with E-state index in [-0.39, 0.29) is 24.2 Å². The summed E-state index contributed by atoms with van der Waals surface area (Å²) >= 11 is 2.21. The Kier molecular flexibility index (Phi) is 4.47. The first-order chi connectivity index (χ1) is 10.6. The van der Waals surface area contributed by atoms with Gasteiger partial charge in [-0.25, -0.2) is 0 Å². The molecule has 1 N–H and O–H groups in total. The molecule has 2 amide bonds. The van der Waals surface area contributed by atoms with E-state index in [2.05, 4.69) is 27.9 Å². The monoisotopic (exact) mass is 410 g/mol. The predicted molar refractivity (Wildman–Crippen MR) is 90.0 cm³/mol. The van der Waals surface area contributed by atoms with E-state index in [0.717, 1.165) is 15.0 Å². The fourth-order valence-electron chi connectivity index (χ4n) is 2.47. The number of hydrogen-bond donors (Lipinski definition) is 1. The first-order valence-electron chi connectivity index (χ1n) is 6.98. The van der Waals surface area contributed by atoms with Gasteiger partial charge in [0.05, 0.1) is 18.7 Å². The van der Waals surface area contributed by atoms with Gasteiger partial charge in [0.15, 0.2) is 0 Å². The van der Waals surface area contributed by atoms with Crippen molar-refractivity contribution < 1.29 is 14.0 Å². The smallest absolute Gasteiger partial charge is 0.229 e. The summed E-state index contributed by atoms with van der Waals surface area (Å²) < 4.78 is 6.36. The van der Waals surface area contributed by atoms with E-state index < -0.39 is 0 Å². The number of likely N-dealkylation sites (tertiary alicyclic amines) is 1. The lowest BCUT2D eigenvalue weighted by Crippen LogP contribution is -2.27. The summed E-state index contributed by atoms with van der Waals surface area (Å²) in [6.45, 7) is 0.842. The van der Waals surface area contributed by atoms with Crippen LogP contribution in [-0.2, 0) is 16.1 Å². The van der Waals surface area contributed by atoms with Crippen LogP contribution in [0.5, 0.6) is 0 Å². The van der Waals surface area contributed by atoms with Crippen LogP contribution in [0.2, 0.25) is 0 Å². The second-order valence-corrected chi connectivity index (χ2v) is 6.50. The summed E-state index contributed by atoms with van der Waals surface area (Å²) in [6, 6.07) is 11.2. The first-order valence-corrected chi connectivity index (χ1v) is 8.06. The van der Waals surface area contributed by atoms with Gasteiger partial charge in [-0.2, -0.15) is 0 Å². The molecule has 2 heterocycles. The van der Waals surface area contributed by atoms with E-state index in [9.17, 15) is 9.59 Å². The molecule has 2 aromatic rings. The molecule has 22 heavy (non-hydrogen) atoms. The molecule has 0 bridgehead atoms. The number of rotatable bonds is 4. The van der Waals surface area contributed by atoms with Crippen molar-refractivity contribution >= 4 is 40.1 Å². The lowest BCUT2D eigenvalue weighted by molar-refractivity contribution is -0.128. The second kappa shape index (κ2) is 6.51. The van der Waals surface area contributed by atoms with E-state index in [1.165, 1.54) is 0 Å². The minimum atomic E-state index is -0.318. The molecule has 0 radical (unpaired) electrons. The number of nitrogens with one attached hydrogen (secondary N) is 1. The molecule has 114 valence electrons. The van der Waals surface area contributed by atoms with Crippen LogP contribution < -0.4 is 5.32 Å². The molecule has 5 nitrogen and oxygen atoms in total.